The average Bonchev–Trinajstić information content (AvgIpc) is 2.78. The molecule has 0 spiro atoms. The minimum Gasteiger partial charge on any atom is -0.483 e. The summed E-state index contributed by atoms with van der Waals surface area (Å²) < 4.78 is 40.4. The van der Waals surface area contributed by atoms with Crippen LogP contribution < -0.4 is 9.46 Å². The lowest BCUT2D eigenvalue weighted by Gasteiger charge is -2.42. The Morgan fingerprint density at radius 2 is 1.88 bits per heavy atom. The van der Waals surface area contributed by atoms with Crippen molar-refractivity contribution < 1.29 is 22.7 Å². The summed E-state index contributed by atoms with van der Waals surface area (Å²) in [5.41, 5.74) is 2.38. The van der Waals surface area contributed by atoms with Gasteiger partial charge in [0, 0.05) is 12.6 Å². The van der Waals surface area contributed by atoms with Crippen molar-refractivity contribution in [1.82, 2.24) is 9.62 Å². The summed E-state index contributed by atoms with van der Waals surface area (Å²) in [6.07, 6.45) is 5.55. The van der Waals surface area contributed by atoms with E-state index in [1.807, 2.05) is 12.1 Å². The van der Waals surface area contributed by atoms with Crippen LogP contribution in [0.5, 0.6) is 5.75 Å². The molecule has 2 unspecified atom stereocenters. The molecular formula is C24H36N2O5S. The second-order valence-electron chi connectivity index (χ2n) is 9.75. The van der Waals surface area contributed by atoms with Gasteiger partial charge in [0.25, 0.3) is 5.91 Å². The number of carbonyl (C=O) groups is 1. The van der Waals surface area contributed by atoms with Gasteiger partial charge in [-0.15, -0.1) is 0 Å². The zero-order valence-corrected chi connectivity index (χ0v) is 20.2. The first-order valence-electron chi connectivity index (χ1n) is 11.9. The van der Waals surface area contributed by atoms with E-state index in [9.17, 15) is 13.2 Å². The van der Waals surface area contributed by atoms with E-state index in [0.29, 0.717) is 25.5 Å². The Morgan fingerprint density at radius 3 is 2.59 bits per heavy atom. The minimum absolute atomic E-state index is 0.0492. The highest BCUT2D eigenvalue weighted by Gasteiger charge is 2.38. The largest absolute Gasteiger partial charge is 0.483 e. The second-order valence-corrected chi connectivity index (χ2v) is 12.0. The van der Waals surface area contributed by atoms with Gasteiger partial charge in [0.1, 0.15) is 5.75 Å². The maximum atomic E-state index is 13.2. The van der Waals surface area contributed by atoms with E-state index in [0.717, 1.165) is 37.9 Å². The van der Waals surface area contributed by atoms with Crippen LogP contribution in [0.3, 0.4) is 0 Å². The van der Waals surface area contributed by atoms with Crippen LogP contribution in [-0.2, 0) is 19.6 Å². The number of ether oxygens (including phenoxy) is 2. The van der Waals surface area contributed by atoms with Crippen LogP contribution in [0.4, 0.5) is 0 Å². The van der Waals surface area contributed by atoms with Crippen LogP contribution in [0.15, 0.2) is 18.2 Å². The highest BCUT2D eigenvalue weighted by atomic mass is 32.2. The summed E-state index contributed by atoms with van der Waals surface area (Å²) >= 11 is 0. The molecule has 1 aromatic carbocycles. The molecule has 0 radical (unpaired) electrons. The molecule has 3 heterocycles. The second kappa shape index (κ2) is 9.69. The topological polar surface area (TPSA) is 84.9 Å². The molecule has 2 atom stereocenters. The molecule has 4 aliphatic rings. The van der Waals surface area contributed by atoms with Crippen molar-refractivity contribution in [1.29, 1.82) is 0 Å². The Morgan fingerprint density at radius 1 is 1.12 bits per heavy atom. The number of benzene rings is 1. The summed E-state index contributed by atoms with van der Waals surface area (Å²) in [6, 6.07) is 5.51. The van der Waals surface area contributed by atoms with Crippen molar-refractivity contribution >= 4 is 15.9 Å². The molecule has 1 saturated heterocycles. The van der Waals surface area contributed by atoms with Crippen LogP contribution in [0.25, 0.3) is 0 Å². The first-order valence-corrected chi connectivity index (χ1v) is 13.4. The van der Waals surface area contributed by atoms with Crippen LogP contribution in [-0.4, -0.2) is 62.4 Å². The van der Waals surface area contributed by atoms with E-state index in [1.165, 1.54) is 11.1 Å². The van der Waals surface area contributed by atoms with Crippen LogP contribution in [0.1, 0.15) is 69.4 Å². The summed E-state index contributed by atoms with van der Waals surface area (Å²) in [6.45, 7) is 6.30. The van der Waals surface area contributed by atoms with E-state index < -0.39 is 15.3 Å². The third kappa shape index (κ3) is 5.13. The zero-order chi connectivity index (χ0) is 22.9. The first-order chi connectivity index (χ1) is 15.2. The minimum atomic E-state index is -3.45. The van der Waals surface area contributed by atoms with Gasteiger partial charge >= 0.3 is 0 Å². The summed E-state index contributed by atoms with van der Waals surface area (Å²) in [5, 5.41) is -0.525. The van der Waals surface area contributed by atoms with Gasteiger partial charge < -0.3 is 14.4 Å². The highest BCUT2D eigenvalue weighted by Crippen LogP contribution is 2.39. The summed E-state index contributed by atoms with van der Waals surface area (Å²) in [7, 11) is -3.45. The molecule has 1 amide bonds. The molecule has 0 aromatic heterocycles. The van der Waals surface area contributed by atoms with Gasteiger partial charge in [0.2, 0.25) is 10.0 Å². The predicted octanol–water partition coefficient (Wildman–Crippen LogP) is 3.12. The molecule has 3 aliphatic heterocycles. The number of amides is 1. The van der Waals surface area contributed by atoms with E-state index in [1.54, 1.807) is 18.7 Å². The summed E-state index contributed by atoms with van der Waals surface area (Å²) in [5.74, 6) is 1.08. The number of nitrogens with one attached hydrogen (secondary N) is 1. The molecule has 5 rings (SSSR count). The number of nitrogens with zero attached hydrogens (tertiary/aromatic N) is 1. The Kier molecular flexibility index (Phi) is 7.12. The number of hydrogen-bond donors (Lipinski definition) is 1. The van der Waals surface area contributed by atoms with E-state index in [-0.39, 0.29) is 30.7 Å². The molecule has 178 valence electrons. The number of fused-ring (bicyclic) bond motifs is 5. The molecule has 2 fully saturated rings. The van der Waals surface area contributed by atoms with Gasteiger partial charge in [-0.1, -0.05) is 17.7 Å². The summed E-state index contributed by atoms with van der Waals surface area (Å²) in [4.78, 5) is 15.0. The SMILES string of the molecule is Cc1ccc2c(c1)C1CCC(CC1)OCC1C(NS(=O)(=O)C(C)C)CCCN1C(=O)CO2. The van der Waals surface area contributed by atoms with Crippen molar-refractivity contribution in [2.24, 2.45) is 0 Å². The predicted molar refractivity (Wildman–Crippen MR) is 123 cm³/mol. The standard InChI is InChI=1S/C24H36N2O5S/c1-16(2)32(28,29)25-21-5-4-12-26-22(21)14-30-19-9-7-18(8-10-19)20-13-17(3)6-11-23(20)31-15-24(26)27/h6,11,13,16,18-19,21-22,25H,4-5,7-10,12,14-15H2,1-3H3. The van der Waals surface area contributed by atoms with Crippen molar-refractivity contribution in [3.63, 3.8) is 0 Å². The maximum absolute atomic E-state index is 13.2. The molecule has 1 saturated carbocycles. The lowest BCUT2D eigenvalue weighted by atomic mass is 9.82. The maximum Gasteiger partial charge on any atom is 0.260 e. The molecule has 1 aliphatic carbocycles. The van der Waals surface area contributed by atoms with Crippen LogP contribution in [0.2, 0.25) is 0 Å². The van der Waals surface area contributed by atoms with E-state index in [4.69, 9.17) is 9.47 Å². The van der Waals surface area contributed by atoms with E-state index in [2.05, 4.69) is 17.7 Å². The Hall–Kier alpha value is -1.64. The Balaban J connectivity index is 1.61. The molecule has 1 N–H and O–H groups in total. The van der Waals surface area contributed by atoms with Crippen molar-refractivity contribution in [2.45, 2.75) is 88.7 Å². The fourth-order valence-electron chi connectivity index (χ4n) is 5.17. The van der Waals surface area contributed by atoms with Gasteiger partial charge in [-0.2, -0.15) is 0 Å². The number of aryl methyl sites for hydroxylation is 1. The number of sulfonamides is 1. The third-order valence-electron chi connectivity index (χ3n) is 7.17. The Bertz CT molecular complexity index is 924. The van der Waals surface area contributed by atoms with Gasteiger partial charge in [-0.05, 0) is 76.8 Å². The smallest absolute Gasteiger partial charge is 0.260 e. The number of carbonyl (C=O) groups excluding carboxylic acids is 1. The fraction of sp³-hybridized carbons (Fsp3) is 0.708. The van der Waals surface area contributed by atoms with Gasteiger partial charge in [-0.3, -0.25) is 4.79 Å². The number of rotatable bonds is 3. The molecule has 8 heteroatoms. The Labute approximate surface area is 191 Å². The average molecular weight is 465 g/mol. The van der Waals surface area contributed by atoms with Crippen molar-refractivity contribution in [3.05, 3.63) is 29.3 Å². The molecule has 2 bridgehead atoms. The third-order valence-corrected chi connectivity index (χ3v) is 9.04. The molecule has 32 heavy (non-hydrogen) atoms. The lowest BCUT2D eigenvalue weighted by Crippen LogP contribution is -2.60. The molecular weight excluding hydrogens is 428 g/mol. The van der Waals surface area contributed by atoms with Crippen molar-refractivity contribution in [3.8, 4) is 5.75 Å². The monoisotopic (exact) mass is 464 g/mol. The first kappa shape index (κ1) is 23.5. The van der Waals surface area contributed by atoms with Crippen LogP contribution in [0, 0.1) is 6.92 Å². The van der Waals surface area contributed by atoms with Crippen molar-refractivity contribution in [2.75, 3.05) is 19.8 Å². The quantitative estimate of drug-likeness (QED) is 0.743. The van der Waals surface area contributed by atoms with Gasteiger partial charge in [0.05, 0.1) is 24.0 Å². The normalized spacial score (nSPS) is 29.4. The van der Waals surface area contributed by atoms with E-state index >= 15 is 0 Å². The lowest BCUT2D eigenvalue weighted by molar-refractivity contribution is -0.140. The van der Waals surface area contributed by atoms with Gasteiger partial charge in [-0.25, -0.2) is 13.1 Å². The number of hydrogen-bond acceptors (Lipinski definition) is 5. The van der Waals surface area contributed by atoms with Gasteiger partial charge in [0.15, 0.2) is 6.61 Å². The fourth-order valence-corrected chi connectivity index (χ4v) is 6.14. The van der Waals surface area contributed by atoms with Crippen LogP contribution >= 0.6 is 0 Å². The highest BCUT2D eigenvalue weighted by molar-refractivity contribution is 7.90. The zero-order valence-electron chi connectivity index (χ0n) is 19.4. The number of piperidine rings is 1. The molecule has 7 nitrogen and oxygen atoms in total. The molecule has 1 aromatic rings.